The summed E-state index contributed by atoms with van der Waals surface area (Å²) in [6.45, 7) is 5.52. The summed E-state index contributed by atoms with van der Waals surface area (Å²) in [5, 5.41) is 9.64. The van der Waals surface area contributed by atoms with Crippen LogP contribution in [0.15, 0.2) is 63.8 Å². The molecule has 4 nitrogen and oxygen atoms in total. The number of hydrogen-bond acceptors (Lipinski definition) is 4. The summed E-state index contributed by atoms with van der Waals surface area (Å²) in [6, 6.07) is 10.8. The van der Waals surface area contributed by atoms with Gasteiger partial charge in [0.25, 0.3) is 0 Å². The van der Waals surface area contributed by atoms with Crippen LogP contribution >= 0.6 is 0 Å². The van der Waals surface area contributed by atoms with E-state index < -0.39 is 11.4 Å². The summed E-state index contributed by atoms with van der Waals surface area (Å²) in [5.74, 6) is -0.716. The highest BCUT2D eigenvalue weighted by molar-refractivity contribution is 6.06. The van der Waals surface area contributed by atoms with E-state index in [0.717, 1.165) is 5.56 Å². The zero-order valence-electron chi connectivity index (χ0n) is 13.4. The third-order valence-electron chi connectivity index (χ3n) is 2.75. The molecule has 0 radical (unpaired) electrons. The summed E-state index contributed by atoms with van der Waals surface area (Å²) < 4.78 is 4.80. The van der Waals surface area contributed by atoms with Crippen LogP contribution in [0.25, 0.3) is 6.08 Å². The Kier molecular flexibility index (Phi) is 7.27. The van der Waals surface area contributed by atoms with Crippen molar-refractivity contribution in [3.63, 3.8) is 0 Å². The highest BCUT2D eigenvalue weighted by Gasteiger charge is 2.15. The average molecular weight is 312 g/mol. The van der Waals surface area contributed by atoms with Crippen LogP contribution < -0.4 is 5.63 Å². The van der Waals surface area contributed by atoms with E-state index in [4.69, 9.17) is 4.42 Å². The molecule has 0 saturated heterocycles. The third kappa shape index (κ3) is 5.43. The fourth-order valence-electron chi connectivity index (χ4n) is 1.78. The van der Waals surface area contributed by atoms with Gasteiger partial charge in [0.1, 0.15) is 17.1 Å². The second kappa shape index (κ2) is 9.20. The maximum atomic E-state index is 11.9. The fraction of sp³-hybridized carbons (Fsp3) is 0.158. The van der Waals surface area contributed by atoms with Crippen molar-refractivity contribution < 1.29 is 14.3 Å². The lowest BCUT2D eigenvalue weighted by Crippen LogP contribution is -2.12. The van der Waals surface area contributed by atoms with E-state index in [0.29, 0.717) is 0 Å². The van der Waals surface area contributed by atoms with Gasteiger partial charge >= 0.3 is 5.63 Å². The Morgan fingerprint density at radius 1 is 1.13 bits per heavy atom. The Morgan fingerprint density at radius 3 is 2.39 bits per heavy atom. The van der Waals surface area contributed by atoms with Gasteiger partial charge in [0.05, 0.1) is 0 Å². The lowest BCUT2D eigenvalue weighted by Gasteiger charge is -1.99. The topological polar surface area (TPSA) is 67.5 Å². The van der Waals surface area contributed by atoms with Gasteiger partial charge in [-0.25, -0.2) is 4.79 Å². The molecule has 0 amide bonds. The molecule has 2 aromatic rings. The van der Waals surface area contributed by atoms with Crippen molar-refractivity contribution in [1.29, 1.82) is 0 Å². The highest BCUT2D eigenvalue weighted by atomic mass is 16.4. The van der Waals surface area contributed by atoms with Gasteiger partial charge < -0.3 is 9.52 Å². The minimum absolute atomic E-state index is 0.252. The molecule has 0 unspecified atom stereocenters. The Hall–Kier alpha value is -2.88. The zero-order chi connectivity index (χ0) is 17.2. The maximum Gasteiger partial charge on any atom is 0.351 e. The summed E-state index contributed by atoms with van der Waals surface area (Å²) in [7, 11) is 0. The first-order chi connectivity index (χ1) is 11.1. The molecule has 0 aliphatic rings. The number of benzene rings is 1. The Bertz CT molecular complexity index is 753. The molecule has 0 aliphatic heterocycles. The van der Waals surface area contributed by atoms with Gasteiger partial charge in [0.15, 0.2) is 5.78 Å². The first kappa shape index (κ1) is 18.2. The smallest absolute Gasteiger partial charge is 0.351 e. The van der Waals surface area contributed by atoms with Crippen molar-refractivity contribution in [3.05, 3.63) is 81.9 Å². The molecule has 1 N–H and O–H groups in total. The van der Waals surface area contributed by atoms with Crippen molar-refractivity contribution in [3.8, 4) is 5.75 Å². The van der Waals surface area contributed by atoms with Gasteiger partial charge in [0.2, 0.25) is 0 Å². The summed E-state index contributed by atoms with van der Waals surface area (Å²) >= 11 is 0. The zero-order valence-corrected chi connectivity index (χ0v) is 13.4. The monoisotopic (exact) mass is 312 g/mol. The predicted octanol–water partition coefficient (Wildman–Crippen LogP) is 4.13. The summed E-state index contributed by atoms with van der Waals surface area (Å²) in [4.78, 5) is 23.4. The molecule has 0 bridgehead atoms. The van der Waals surface area contributed by atoms with Gasteiger partial charge in [-0.1, -0.05) is 62.4 Å². The Morgan fingerprint density at radius 2 is 1.78 bits per heavy atom. The molecular formula is C19H20O4. The molecule has 23 heavy (non-hydrogen) atoms. The number of allylic oxidation sites excluding steroid dienone is 3. The molecule has 120 valence electrons. The first-order valence-electron chi connectivity index (χ1n) is 7.36. The number of ketones is 1. The van der Waals surface area contributed by atoms with Crippen LogP contribution in [-0.4, -0.2) is 10.9 Å². The molecule has 1 heterocycles. The van der Waals surface area contributed by atoms with Crippen LogP contribution in [0.3, 0.4) is 0 Å². The number of carbonyl (C=O) groups is 1. The van der Waals surface area contributed by atoms with Gasteiger partial charge in [-0.3, -0.25) is 4.79 Å². The van der Waals surface area contributed by atoms with Crippen molar-refractivity contribution in [2.75, 3.05) is 0 Å². The quantitative estimate of drug-likeness (QED) is 0.523. The van der Waals surface area contributed by atoms with Crippen LogP contribution in [0.5, 0.6) is 5.75 Å². The Labute approximate surface area is 135 Å². The summed E-state index contributed by atoms with van der Waals surface area (Å²) in [6.07, 6.45) is 6.22. The van der Waals surface area contributed by atoms with Crippen molar-refractivity contribution in [2.24, 2.45) is 0 Å². The van der Waals surface area contributed by atoms with Crippen LogP contribution in [0.1, 0.15) is 35.5 Å². The maximum absolute atomic E-state index is 11.9. The predicted molar refractivity (Wildman–Crippen MR) is 91.7 cm³/mol. The lowest BCUT2D eigenvalue weighted by molar-refractivity contribution is 0.104. The standard InChI is InChI=1S/C17H14O4.C2H6/c1-12-11-15(19)16(17(20)21-12)14(18)10-6-5-9-13-7-3-2-4-8-13;1-2/h2-11,19H,1H3;1-2H3/b9-5+,10-6+;. The number of aryl methyl sites for hydroxylation is 1. The first-order valence-corrected chi connectivity index (χ1v) is 7.36. The van der Waals surface area contributed by atoms with E-state index in [1.165, 1.54) is 25.1 Å². The second-order valence-electron chi connectivity index (χ2n) is 4.40. The summed E-state index contributed by atoms with van der Waals surface area (Å²) in [5.41, 5.74) is -0.202. The minimum Gasteiger partial charge on any atom is -0.507 e. The molecule has 0 atom stereocenters. The van der Waals surface area contributed by atoms with Crippen molar-refractivity contribution >= 4 is 11.9 Å². The van der Waals surface area contributed by atoms with E-state index in [-0.39, 0.29) is 17.1 Å². The van der Waals surface area contributed by atoms with E-state index >= 15 is 0 Å². The molecule has 0 fully saturated rings. The van der Waals surface area contributed by atoms with Crippen molar-refractivity contribution in [1.82, 2.24) is 0 Å². The van der Waals surface area contributed by atoms with Gasteiger partial charge in [-0.2, -0.15) is 0 Å². The number of carbonyl (C=O) groups excluding carboxylic acids is 1. The fourth-order valence-corrected chi connectivity index (χ4v) is 1.78. The number of rotatable bonds is 4. The van der Waals surface area contributed by atoms with Crippen LogP contribution in [0.2, 0.25) is 0 Å². The average Bonchev–Trinajstić information content (AvgIpc) is 2.53. The minimum atomic E-state index is -0.839. The van der Waals surface area contributed by atoms with Gasteiger partial charge in [0, 0.05) is 6.07 Å². The highest BCUT2D eigenvalue weighted by Crippen LogP contribution is 2.15. The van der Waals surface area contributed by atoms with Crippen LogP contribution in [0, 0.1) is 6.92 Å². The molecular weight excluding hydrogens is 292 g/mol. The molecule has 0 aliphatic carbocycles. The molecule has 1 aromatic carbocycles. The lowest BCUT2D eigenvalue weighted by atomic mass is 10.1. The van der Waals surface area contributed by atoms with E-state index in [9.17, 15) is 14.7 Å². The molecule has 0 saturated carbocycles. The number of aromatic hydroxyl groups is 1. The van der Waals surface area contributed by atoms with Gasteiger partial charge in [-0.05, 0) is 18.6 Å². The number of hydrogen-bond donors (Lipinski definition) is 1. The molecule has 4 heteroatoms. The Balaban J connectivity index is 0.00000127. The molecule has 0 spiro atoms. The normalized spacial score (nSPS) is 10.6. The van der Waals surface area contributed by atoms with E-state index in [1.54, 1.807) is 6.08 Å². The third-order valence-corrected chi connectivity index (χ3v) is 2.75. The van der Waals surface area contributed by atoms with Crippen molar-refractivity contribution in [2.45, 2.75) is 20.8 Å². The second-order valence-corrected chi connectivity index (χ2v) is 4.40. The van der Waals surface area contributed by atoms with E-state index in [2.05, 4.69) is 0 Å². The molecule has 2 rings (SSSR count). The molecule has 1 aromatic heterocycles. The van der Waals surface area contributed by atoms with Gasteiger partial charge in [-0.15, -0.1) is 0 Å². The van der Waals surface area contributed by atoms with Crippen LogP contribution in [-0.2, 0) is 0 Å². The largest absolute Gasteiger partial charge is 0.507 e. The SMILES string of the molecule is CC.Cc1cc(O)c(C(=O)/C=C/C=C/c2ccccc2)c(=O)o1. The van der Waals surface area contributed by atoms with Crippen LogP contribution in [0.4, 0.5) is 0 Å². The van der Waals surface area contributed by atoms with E-state index in [1.807, 2.05) is 50.3 Å².